The SMILES string of the molecule is CCC(C)Cc1ccc(C(=O)Oc2ccc(C(=O)Oc3ccc([N+](=O)[O-])cc3)cc2)cc1. The van der Waals surface area contributed by atoms with Gasteiger partial charge in [0, 0.05) is 12.1 Å². The zero-order valence-electron chi connectivity index (χ0n) is 17.8. The number of benzene rings is 3. The summed E-state index contributed by atoms with van der Waals surface area (Å²) in [4.78, 5) is 34.8. The maximum absolute atomic E-state index is 12.4. The number of nitro groups is 1. The highest BCUT2D eigenvalue weighted by Gasteiger charge is 2.13. The van der Waals surface area contributed by atoms with Crippen molar-refractivity contribution in [1.29, 1.82) is 0 Å². The highest BCUT2D eigenvalue weighted by molar-refractivity contribution is 5.92. The first-order valence-corrected chi connectivity index (χ1v) is 10.2. The van der Waals surface area contributed by atoms with Crippen molar-refractivity contribution < 1.29 is 24.0 Å². The average Bonchev–Trinajstić information content (AvgIpc) is 2.80. The van der Waals surface area contributed by atoms with Gasteiger partial charge in [-0.1, -0.05) is 32.4 Å². The molecule has 3 aromatic carbocycles. The van der Waals surface area contributed by atoms with Crippen LogP contribution in [-0.2, 0) is 6.42 Å². The highest BCUT2D eigenvalue weighted by Crippen LogP contribution is 2.20. The standard InChI is InChI=1S/C25H23NO6/c1-3-17(2)16-18-4-6-19(7-5-18)24(27)31-22-12-8-20(9-13-22)25(28)32-23-14-10-21(11-15-23)26(29)30/h4-15,17H,3,16H2,1-2H3. The summed E-state index contributed by atoms with van der Waals surface area (Å²) in [5.74, 6) is -0.0493. The van der Waals surface area contributed by atoms with E-state index >= 15 is 0 Å². The van der Waals surface area contributed by atoms with Gasteiger partial charge in [-0.25, -0.2) is 9.59 Å². The number of non-ortho nitro benzene ring substituents is 1. The van der Waals surface area contributed by atoms with Crippen molar-refractivity contribution in [3.05, 3.63) is 99.6 Å². The Morgan fingerprint density at radius 2 is 1.25 bits per heavy atom. The lowest BCUT2D eigenvalue weighted by Gasteiger charge is -2.09. The molecule has 0 spiro atoms. The molecule has 164 valence electrons. The minimum atomic E-state index is -0.631. The Labute approximate surface area is 185 Å². The summed E-state index contributed by atoms with van der Waals surface area (Å²) in [5, 5.41) is 10.7. The monoisotopic (exact) mass is 433 g/mol. The molecule has 0 aromatic heterocycles. The lowest BCUT2D eigenvalue weighted by atomic mass is 9.98. The van der Waals surface area contributed by atoms with Gasteiger partial charge >= 0.3 is 11.9 Å². The summed E-state index contributed by atoms with van der Waals surface area (Å²) in [6.45, 7) is 4.34. The molecule has 0 aliphatic heterocycles. The Balaban J connectivity index is 1.58. The molecule has 0 saturated heterocycles. The van der Waals surface area contributed by atoms with Gasteiger partial charge < -0.3 is 9.47 Å². The van der Waals surface area contributed by atoms with E-state index < -0.39 is 16.9 Å². The number of carbonyl (C=O) groups excluding carboxylic acids is 2. The van der Waals surface area contributed by atoms with Gasteiger partial charge in [0.1, 0.15) is 11.5 Å². The molecule has 0 radical (unpaired) electrons. The van der Waals surface area contributed by atoms with E-state index in [9.17, 15) is 19.7 Å². The lowest BCUT2D eigenvalue weighted by Crippen LogP contribution is -2.10. The number of ether oxygens (including phenoxy) is 2. The van der Waals surface area contributed by atoms with Crippen LogP contribution < -0.4 is 9.47 Å². The summed E-state index contributed by atoms with van der Waals surface area (Å²) in [6, 6.07) is 18.5. The molecule has 3 aromatic rings. The summed E-state index contributed by atoms with van der Waals surface area (Å²) in [5.41, 5.74) is 1.77. The summed E-state index contributed by atoms with van der Waals surface area (Å²) < 4.78 is 10.6. The van der Waals surface area contributed by atoms with Crippen molar-refractivity contribution in [3.8, 4) is 11.5 Å². The first-order valence-electron chi connectivity index (χ1n) is 10.2. The molecule has 1 atom stereocenters. The molecule has 3 rings (SSSR count). The third-order valence-corrected chi connectivity index (χ3v) is 5.03. The molecule has 0 bridgehead atoms. The van der Waals surface area contributed by atoms with Gasteiger partial charge in [-0.05, 0) is 66.4 Å². The Morgan fingerprint density at radius 3 is 1.69 bits per heavy atom. The Hall–Kier alpha value is -4.00. The molecule has 7 nitrogen and oxygen atoms in total. The van der Waals surface area contributed by atoms with Crippen molar-refractivity contribution in [2.45, 2.75) is 26.7 Å². The van der Waals surface area contributed by atoms with Gasteiger partial charge in [0.15, 0.2) is 0 Å². The van der Waals surface area contributed by atoms with Crippen molar-refractivity contribution in [1.82, 2.24) is 0 Å². The Morgan fingerprint density at radius 1 is 0.812 bits per heavy atom. The predicted octanol–water partition coefficient (Wildman–Crippen LogP) is 5.62. The van der Waals surface area contributed by atoms with Crippen LogP contribution in [0.3, 0.4) is 0 Å². The smallest absolute Gasteiger partial charge is 0.343 e. The van der Waals surface area contributed by atoms with Gasteiger partial charge in [0.2, 0.25) is 0 Å². The second-order valence-corrected chi connectivity index (χ2v) is 7.47. The molecule has 7 heteroatoms. The Bertz CT molecular complexity index is 1090. The van der Waals surface area contributed by atoms with Crippen LogP contribution in [-0.4, -0.2) is 16.9 Å². The third kappa shape index (κ3) is 6.01. The van der Waals surface area contributed by atoms with Crippen LogP contribution in [0.4, 0.5) is 5.69 Å². The van der Waals surface area contributed by atoms with Crippen molar-refractivity contribution in [2.75, 3.05) is 0 Å². The van der Waals surface area contributed by atoms with Gasteiger partial charge in [-0.15, -0.1) is 0 Å². The first-order chi connectivity index (χ1) is 15.4. The van der Waals surface area contributed by atoms with E-state index in [0.717, 1.165) is 12.8 Å². The van der Waals surface area contributed by atoms with Crippen molar-refractivity contribution >= 4 is 17.6 Å². The van der Waals surface area contributed by atoms with E-state index in [4.69, 9.17) is 9.47 Å². The van der Waals surface area contributed by atoms with Crippen molar-refractivity contribution in [2.24, 2.45) is 5.92 Å². The number of rotatable bonds is 8. The molecule has 0 fully saturated rings. The number of nitrogens with zero attached hydrogens (tertiary/aromatic N) is 1. The molecule has 0 aliphatic carbocycles. The highest BCUT2D eigenvalue weighted by atomic mass is 16.6. The lowest BCUT2D eigenvalue weighted by molar-refractivity contribution is -0.384. The fourth-order valence-corrected chi connectivity index (χ4v) is 2.95. The fraction of sp³-hybridized carbons (Fsp3) is 0.200. The van der Waals surface area contributed by atoms with Gasteiger partial charge in [-0.2, -0.15) is 0 Å². The van der Waals surface area contributed by atoms with E-state index in [2.05, 4.69) is 13.8 Å². The van der Waals surface area contributed by atoms with E-state index in [1.54, 1.807) is 12.1 Å². The topological polar surface area (TPSA) is 95.7 Å². The van der Waals surface area contributed by atoms with Gasteiger partial charge in [0.25, 0.3) is 5.69 Å². The van der Waals surface area contributed by atoms with Gasteiger partial charge in [-0.3, -0.25) is 10.1 Å². The molecule has 0 N–H and O–H groups in total. The van der Waals surface area contributed by atoms with Gasteiger partial charge in [0.05, 0.1) is 16.1 Å². The number of hydrogen-bond donors (Lipinski definition) is 0. The molecule has 0 heterocycles. The molecule has 0 aliphatic rings. The van der Waals surface area contributed by atoms with Crippen LogP contribution >= 0.6 is 0 Å². The minimum absolute atomic E-state index is 0.0962. The van der Waals surface area contributed by atoms with E-state index in [1.807, 2.05) is 12.1 Å². The molecule has 0 amide bonds. The van der Waals surface area contributed by atoms with E-state index in [0.29, 0.717) is 17.2 Å². The van der Waals surface area contributed by atoms with Crippen LogP contribution in [0, 0.1) is 16.0 Å². The number of hydrogen-bond acceptors (Lipinski definition) is 6. The van der Waals surface area contributed by atoms with Crippen LogP contribution in [0.15, 0.2) is 72.8 Å². The fourth-order valence-electron chi connectivity index (χ4n) is 2.95. The molecular weight excluding hydrogens is 410 g/mol. The van der Waals surface area contributed by atoms with Crippen LogP contribution in [0.1, 0.15) is 46.5 Å². The van der Waals surface area contributed by atoms with Crippen molar-refractivity contribution in [3.63, 3.8) is 0 Å². The summed E-state index contributed by atoms with van der Waals surface area (Å²) in [6.07, 6.45) is 2.06. The maximum atomic E-state index is 12.4. The first kappa shape index (κ1) is 22.7. The second kappa shape index (κ2) is 10.3. The number of esters is 2. The minimum Gasteiger partial charge on any atom is -0.423 e. The zero-order valence-corrected chi connectivity index (χ0v) is 17.8. The largest absolute Gasteiger partial charge is 0.423 e. The Kier molecular flexibility index (Phi) is 7.33. The zero-order chi connectivity index (χ0) is 23.1. The normalized spacial score (nSPS) is 11.4. The molecule has 32 heavy (non-hydrogen) atoms. The summed E-state index contributed by atoms with van der Waals surface area (Å²) >= 11 is 0. The molecule has 0 saturated carbocycles. The molecule has 1 unspecified atom stereocenters. The molecular formula is C25H23NO6. The average molecular weight is 433 g/mol. The predicted molar refractivity (Wildman–Crippen MR) is 119 cm³/mol. The number of nitro benzene ring substituents is 1. The second-order valence-electron chi connectivity index (χ2n) is 7.47. The van der Waals surface area contributed by atoms with E-state index in [-0.39, 0.29) is 17.0 Å². The van der Waals surface area contributed by atoms with Crippen LogP contribution in [0.2, 0.25) is 0 Å². The number of carbonyl (C=O) groups is 2. The summed E-state index contributed by atoms with van der Waals surface area (Å²) in [7, 11) is 0. The van der Waals surface area contributed by atoms with Crippen LogP contribution in [0.25, 0.3) is 0 Å². The van der Waals surface area contributed by atoms with E-state index in [1.165, 1.54) is 54.1 Å². The maximum Gasteiger partial charge on any atom is 0.343 e. The van der Waals surface area contributed by atoms with Crippen LogP contribution in [0.5, 0.6) is 11.5 Å². The quantitative estimate of drug-likeness (QED) is 0.198. The third-order valence-electron chi connectivity index (χ3n) is 5.03.